The van der Waals surface area contributed by atoms with E-state index in [4.69, 9.17) is 0 Å². The van der Waals surface area contributed by atoms with Gasteiger partial charge in [-0.15, -0.1) is 0 Å². The van der Waals surface area contributed by atoms with Gasteiger partial charge in [-0.05, 0) is 41.7 Å². The highest BCUT2D eigenvalue weighted by molar-refractivity contribution is 5.98. The molecule has 2 fully saturated rings. The maximum absolute atomic E-state index is 14.9. The van der Waals surface area contributed by atoms with Crippen molar-refractivity contribution < 1.29 is 23.6 Å². The lowest BCUT2D eigenvalue weighted by molar-refractivity contribution is -0.143. The molecular weight excluding hydrogens is 561 g/mol. The third-order valence-corrected chi connectivity index (χ3v) is 8.45. The number of aromatic amines is 1. The van der Waals surface area contributed by atoms with Crippen molar-refractivity contribution in [3.63, 3.8) is 0 Å². The molecule has 4 aromatic rings. The molecule has 2 aliphatic rings. The molecule has 0 radical (unpaired) electrons. The summed E-state index contributed by atoms with van der Waals surface area (Å²) in [7, 11) is 0. The summed E-state index contributed by atoms with van der Waals surface area (Å²) in [6.07, 6.45) is 3.05. The number of aromatic nitrogens is 1. The van der Waals surface area contributed by atoms with Crippen molar-refractivity contribution >= 4 is 34.5 Å². The van der Waals surface area contributed by atoms with Gasteiger partial charge in [0.2, 0.25) is 23.6 Å². The van der Waals surface area contributed by atoms with Crippen molar-refractivity contribution in [3.8, 4) is 0 Å². The molecular formula is C34H34FN5O4. The number of nitrogens with zero attached hydrogens (tertiary/aromatic N) is 1. The third kappa shape index (κ3) is 6.20. The average Bonchev–Trinajstić information content (AvgIpc) is 3.69. The predicted octanol–water partition coefficient (Wildman–Crippen LogP) is 2.79. The standard InChI is InChI=1S/C34H34FN5O4/c35-24-13-7-14-25-30(24)23(20-36-25)19-27-32(42)39-28(18-22-11-5-2-6-12-22)34(44)40-16-8-15-29(40)33(43)38-26(31(41)37-27)17-21-9-3-1-4-10-21/h1-7,9-14,20,26-29,36H,8,15-19H2,(H,37,41)(H,38,43)(H,39,42)/t26-,27+,28-,29+/m0/s1. The number of amides is 4. The molecule has 3 aromatic carbocycles. The summed E-state index contributed by atoms with van der Waals surface area (Å²) < 4.78 is 14.9. The lowest BCUT2D eigenvalue weighted by Gasteiger charge is -2.32. The number of rotatable bonds is 6. The molecule has 0 bridgehead atoms. The third-order valence-electron chi connectivity index (χ3n) is 8.45. The Kier molecular flexibility index (Phi) is 8.40. The fraction of sp³-hybridized carbons (Fsp3) is 0.294. The molecule has 4 N–H and O–H groups in total. The average molecular weight is 596 g/mol. The van der Waals surface area contributed by atoms with Gasteiger partial charge in [0.15, 0.2) is 0 Å². The Bertz CT molecular complexity index is 1680. The summed E-state index contributed by atoms with van der Waals surface area (Å²) >= 11 is 0. The van der Waals surface area contributed by atoms with Crippen LogP contribution in [0.15, 0.2) is 85.1 Å². The molecule has 0 aliphatic carbocycles. The van der Waals surface area contributed by atoms with Gasteiger partial charge < -0.3 is 25.8 Å². The monoisotopic (exact) mass is 595 g/mol. The van der Waals surface area contributed by atoms with Crippen LogP contribution in [0.25, 0.3) is 10.9 Å². The number of carbonyl (C=O) groups is 4. The zero-order valence-electron chi connectivity index (χ0n) is 24.1. The first kappa shape index (κ1) is 29.1. The molecule has 0 saturated carbocycles. The Hall–Kier alpha value is -4.99. The van der Waals surface area contributed by atoms with Gasteiger partial charge in [0.1, 0.15) is 30.0 Å². The number of benzene rings is 3. The molecule has 1 aromatic heterocycles. The van der Waals surface area contributed by atoms with E-state index in [1.165, 1.54) is 11.0 Å². The second-order valence-electron chi connectivity index (χ2n) is 11.4. The number of fused-ring (bicyclic) bond motifs is 2. The van der Waals surface area contributed by atoms with E-state index in [1.54, 1.807) is 18.3 Å². The van der Waals surface area contributed by atoms with Gasteiger partial charge >= 0.3 is 0 Å². The fourth-order valence-corrected chi connectivity index (χ4v) is 6.22. The predicted molar refractivity (Wildman–Crippen MR) is 163 cm³/mol. The highest BCUT2D eigenvalue weighted by Crippen LogP contribution is 2.24. The van der Waals surface area contributed by atoms with E-state index in [0.717, 1.165) is 11.1 Å². The Morgan fingerprint density at radius 1 is 0.682 bits per heavy atom. The van der Waals surface area contributed by atoms with E-state index in [1.807, 2.05) is 60.7 Å². The van der Waals surface area contributed by atoms with Crippen molar-refractivity contribution in [2.45, 2.75) is 56.3 Å². The van der Waals surface area contributed by atoms with Crippen molar-refractivity contribution in [2.75, 3.05) is 6.54 Å². The zero-order chi connectivity index (χ0) is 30.6. The zero-order valence-corrected chi connectivity index (χ0v) is 24.1. The minimum atomic E-state index is -1.16. The molecule has 2 saturated heterocycles. The highest BCUT2D eigenvalue weighted by atomic mass is 19.1. The minimum absolute atomic E-state index is 0.0386. The molecule has 0 unspecified atom stereocenters. The maximum Gasteiger partial charge on any atom is 0.246 e. The molecule has 10 heteroatoms. The van der Waals surface area contributed by atoms with Crippen LogP contribution in [0.5, 0.6) is 0 Å². The number of nitrogens with one attached hydrogen (secondary N) is 4. The molecule has 226 valence electrons. The SMILES string of the molecule is O=C1N[C@H](Cc2c[nH]c3cccc(F)c23)C(=O)N[C@@H](Cc2ccccc2)C(=O)N2CCC[C@@H]2C(=O)N[C@H]1Cc1ccccc1. The topological polar surface area (TPSA) is 123 Å². The summed E-state index contributed by atoms with van der Waals surface area (Å²) in [5.41, 5.74) is 2.72. The van der Waals surface area contributed by atoms with Gasteiger partial charge in [-0.2, -0.15) is 0 Å². The van der Waals surface area contributed by atoms with E-state index in [2.05, 4.69) is 20.9 Å². The van der Waals surface area contributed by atoms with Crippen LogP contribution in [0, 0.1) is 5.82 Å². The van der Waals surface area contributed by atoms with Crippen molar-refractivity contribution in [1.82, 2.24) is 25.8 Å². The van der Waals surface area contributed by atoms with Crippen LogP contribution in [0.3, 0.4) is 0 Å². The Balaban J connectivity index is 1.37. The van der Waals surface area contributed by atoms with Crippen molar-refractivity contribution in [1.29, 1.82) is 0 Å². The molecule has 44 heavy (non-hydrogen) atoms. The van der Waals surface area contributed by atoms with Crippen LogP contribution < -0.4 is 16.0 Å². The summed E-state index contributed by atoms with van der Waals surface area (Å²) in [6.45, 7) is 0.367. The highest BCUT2D eigenvalue weighted by Gasteiger charge is 2.40. The molecule has 2 aliphatic heterocycles. The second kappa shape index (κ2) is 12.7. The van der Waals surface area contributed by atoms with Crippen LogP contribution in [-0.4, -0.2) is 64.2 Å². The van der Waals surface area contributed by atoms with Crippen LogP contribution in [0.2, 0.25) is 0 Å². The normalized spacial score (nSPS) is 22.9. The summed E-state index contributed by atoms with van der Waals surface area (Å²) in [6, 6.07) is 19.3. The van der Waals surface area contributed by atoms with E-state index in [-0.39, 0.29) is 25.2 Å². The van der Waals surface area contributed by atoms with Gasteiger partial charge in [-0.3, -0.25) is 19.2 Å². The molecule has 9 nitrogen and oxygen atoms in total. The Labute approximate surface area is 254 Å². The summed E-state index contributed by atoms with van der Waals surface area (Å²) in [5, 5.41) is 8.93. The maximum atomic E-state index is 14.9. The van der Waals surface area contributed by atoms with Crippen LogP contribution >= 0.6 is 0 Å². The van der Waals surface area contributed by atoms with E-state index < -0.39 is 47.7 Å². The van der Waals surface area contributed by atoms with Crippen LogP contribution in [0.4, 0.5) is 4.39 Å². The van der Waals surface area contributed by atoms with Gasteiger partial charge in [0.25, 0.3) is 0 Å². The first-order chi connectivity index (χ1) is 21.4. The van der Waals surface area contributed by atoms with E-state index in [9.17, 15) is 23.6 Å². The minimum Gasteiger partial charge on any atom is -0.361 e. The molecule has 4 atom stereocenters. The lowest BCUT2D eigenvalue weighted by Crippen LogP contribution is -2.62. The first-order valence-electron chi connectivity index (χ1n) is 14.9. The summed E-state index contributed by atoms with van der Waals surface area (Å²) in [4.78, 5) is 60.1. The smallest absolute Gasteiger partial charge is 0.246 e. The van der Waals surface area contributed by atoms with Gasteiger partial charge in [-0.25, -0.2) is 4.39 Å². The molecule has 4 amide bonds. The fourth-order valence-electron chi connectivity index (χ4n) is 6.22. The van der Waals surface area contributed by atoms with Crippen LogP contribution in [0.1, 0.15) is 29.5 Å². The molecule has 3 heterocycles. The van der Waals surface area contributed by atoms with E-state index in [0.29, 0.717) is 35.9 Å². The molecule has 0 spiro atoms. The Morgan fingerprint density at radius 3 is 1.95 bits per heavy atom. The first-order valence-corrected chi connectivity index (χ1v) is 14.9. The van der Waals surface area contributed by atoms with Gasteiger partial charge in [0.05, 0.1) is 0 Å². The van der Waals surface area contributed by atoms with E-state index >= 15 is 0 Å². The molecule has 6 rings (SSSR count). The second-order valence-corrected chi connectivity index (χ2v) is 11.4. The van der Waals surface area contributed by atoms with Gasteiger partial charge in [-0.1, -0.05) is 66.7 Å². The van der Waals surface area contributed by atoms with Crippen LogP contribution in [-0.2, 0) is 38.4 Å². The van der Waals surface area contributed by atoms with Crippen molar-refractivity contribution in [2.24, 2.45) is 0 Å². The summed E-state index contributed by atoms with van der Waals surface area (Å²) in [5.74, 6) is -2.33. The number of H-pyrrole nitrogens is 1. The largest absolute Gasteiger partial charge is 0.361 e. The number of hydrogen-bond donors (Lipinski definition) is 4. The van der Waals surface area contributed by atoms with Gasteiger partial charge in [0, 0.05) is 42.9 Å². The number of carbonyl (C=O) groups excluding carboxylic acids is 4. The Morgan fingerprint density at radius 2 is 1.27 bits per heavy atom. The lowest BCUT2D eigenvalue weighted by atomic mass is 9.99. The van der Waals surface area contributed by atoms with Crippen molar-refractivity contribution in [3.05, 3.63) is 108 Å². The number of hydrogen-bond acceptors (Lipinski definition) is 4. The number of halogens is 1. The quantitative estimate of drug-likeness (QED) is 0.274.